The molecule has 0 aliphatic heterocycles. The van der Waals surface area contributed by atoms with Crippen molar-refractivity contribution in [2.24, 2.45) is 10.8 Å². The Labute approximate surface area is 104 Å². The van der Waals surface area contributed by atoms with Gasteiger partial charge in [0, 0.05) is 18.4 Å². The fraction of sp³-hybridized carbons (Fsp3) is 0.923. The van der Waals surface area contributed by atoms with E-state index in [1.165, 1.54) is 0 Å². The lowest BCUT2D eigenvalue weighted by atomic mass is 9.77. The number of hydrogen-bond donors (Lipinski definition) is 2. The van der Waals surface area contributed by atoms with Crippen molar-refractivity contribution < 1.29 is 19.7 Å². The summed E-state index contributed by atoms with van der Waals surface area (Å²) in [5.41, 5.74) is -0.831. The van der Waals surface area contributed by atoms with E-state index in [-0.39, 0.29) is 30.7 Å². The summed E-state index contributed by atoms with van der Waals surface area (Å²) in [6.45, 7) is 9.23. The first-order chi connectivity index (χ1) is 7.68. The van der Waals surface area contributed by atoms with Crippen molar-refractivity contribution in [1.82, 2.24) is 0 Å². The standard InChI is InChI=1S/C13H26O4/c1-6-11(16)17-10(13(4,5)9-15)7-12(2,3)8-14/h10,14-15H,6-9H2,1-5H3. The molecule has 0 aliphatic carbocycles. The van der Waals surface area contributed by atoms with Crippen LogP contribution in [0.15, 0.2) is 0 Å². The number of ether oxygens (including phenoxy) is 1. The van der Waals surface area contributed by atoms with Gasteiger partial charge in [-0.25, -0.2) is 0 Å². The van der Waals surface area contributed by atoms with Crippen molar-refractivity contribution in [3.05, 3.63) is 0 Å². The molecule has 1 unspecified atom stereocenters. The molecule has 0 spiro atoms. The number of esters is 1. The smallest absolute Gasteiger partial charge is 0.305 e. The molecule has 0 rings (SSSR count). The molecule has 0 aliphatic rings. The summed E-state index contributed by atoms with van der Waals surface area (Å²) in [7, 11) is 0. The minimum absolute atomic E-state index is 0.0225. The number of hydrogen-bond acceptors (Lipinski definition) is 4. The Hall–Kier alpha value is -0.610. The summed E-state index contributed by atoms with van der Waals surface area (Å²) in [6.07, 6.45) is 0.461. The van der Waals surface area contributed by atoms with Crippen LogP contribution in [-0.4, -0.2) is 35.5 Å². The Morgan fingerprint density at radius 1 is 1.18 bits per heavy atom. The SMILES string of the molecule is CCC(=O)OC(CC(C)(C)CO)C(C)(C)CO. The highest BCUT2D eigenvalue weighted by molar-refractivity contribution is 5.69. The lowest BCUT2D eigenvalue weighted by Gasteiger charge is -2.36. The molecule has 4 heteroatoms. The number of aliphatic hydroxyl groups excluding tert-OH is 2. The van der Waals surface area contributed by atoms with Gasteiger partial charge in [0.2, 0.25) is 0 Å². The van der Waals surface area contributed by atoms with Crippen LogP contribution in [0.2, 0.25) is 0 Å². The molecular weight excluding hydrogens is 220 g/mol. The molecule has 4 nitrogen and oxygen atoms in total. The van der Waals surface area contributed by atoms with E-state index in [0.29, 0.717) is 12.8 Å². The van der Waals surface area contributed by atoms with Gasteiger partial charge >= 0.3 is 5.97 Å². The number of carbonyl (C=O) groups excluding carboxylic acids is 1. The van der Waals surface area contributed by atoms with Gasteiger partial charge in [0.15, 0.2) is 0 Å². The fourth-order valence-corrected chi connectivity index (χ4v) is 1.39. The van der Waals surface area contributed by atoms with Gasteiger partial charge < -0.3 is 14.9 Å². The van der Waals surface area contributed by atoms with Crippen molar-refractivity contribution in [3.63, 3.8) is 0 Å². The minimum atomic E-state index is -0.503. The Morgan fingerprint density at radius 3 is 2.06 bits per heavy atom. The first-order valence-electron chi connectivity index (χ1n) is 6.09. The highest BCUT2D eigenvalue weighted by atomic mass is 16.5. The molecule has 0 heterocycles. The van der Waals surface area contributed by atoms with E-state index < -0.39 is 5.41 Å². The maximum Gasteiger partial charge on any atom is 0.305 e. The molecule has 1 atom stereocenters. The quantitative estimate of drug-likeness (QED) is 0.671. The summed E-state index contributed by atoms with van der Waals surface area (Å²) >= 11 is 0. The van der Waals surface area contributed by atoms with Crippen molar-refractivity contribution in [1.29, 1.82) is 0 Å². The molecular formula is C13H26O4. The second-order valence-electron chi connectivity index (χ2n) is 6.01. The largest absolute Gasteiger partial charge is 0.462 e. The summed E-state index contributed by atoms with van der Waals surface area (Å²) < 4.78 is 5.38. The van der Waals surface area contributed by atoms with Gasteiger partial charge in [-0.15, -0.1) is 0 Å². The van der Waals surface area contributed by atoms with E-state index in [4.69, 9.17) is 4.74 Å². The lowest BCUT2D eigenvalue weighted by molar-refractivity contribution is -0.159. The molecule has 0 saturated carbocycles. The zero-order valence-electron chi connectivity index (χ0n) is 11.6. The van der Waals surface area contributed by atoms with E-state index in [1.54, 1.807) is 6.92 Å². The van der Waals surface area contributed by atoms with Crippen molar-refractivity contribution in [2.45, 2.75) is 53.6 Å². The average Bonchev–Trinajstić information content (AvgIpc) is 2.27. The van der Waals surface area contributed by atoms with Crippen LogP contribution < -0.4 is 0 Å². The highest BCUT2D eigenvalue weighted by Crippen LogP contribution is 2.33. The van der Waals surface area contributed by atoms with Gasteiger partial charge in [-0.3, -0.25) is 4.79 Å². The third kappa shape index (κ3) is 5.50. The van der Waals surface area contributed by atoms with Crippen molar-refractivity contribution in [2.75, 3.05) is 13.2 Å². The van der Waals surface area contributed by atoms with Gasteiger partial charge in [-0.2, -0.15) is 0 Å². The van der Waals surface area contributed by atoms with Gasteiger partial charge in [-0.05, 0) is 11.8 Å². The average molecular weight is 246 g/mol. The minimum Gasteiger partial charge on any atom is -0.462 e. The molecule has 0 amide bonds. The van der Waals surface area contributed by atoms with Crippen LogP contribution in [-0.2, 0) is 9.53 Å². The van der Waals surface area contributed by atoms with E-state index in [2.05, 4.69) is 0 Å². The van der Waals surface area contributed by atoms with Crippen LogP contribution in [0.5, 0.6) is 0 Å². The molecule has 0 saturated heterocycles. The molecule has 17 heavy (non-hydrogen) atoms. The molecule has 0 aromatic carbocycles. The summed E-state index contributed by atoms with van der Waals surface area (Å²) in [5, 5.41) is 18.6. The normalized spacial score (nSPS) is 14.5. The van der Waals surface area contributed by atoms with Crippen LogP contribution in [0.1, 0.15) is 47.5 Å². The Bertz CT molecular complexity index is 246. The third-order valence-corrected chi connectivity index (χ3v) is 3.01. The number of carbonyl (C=O) groups is 1. The molecule has 0 radical (unpaired) electrons. The zero-order chi connectivity index (χ0) is 13.7. The molecule has 102 valence electrons. The highest BCUT2D eigenvalue weighted by Gasteiger charge is 2.36. The van der Waals surface area contributed by atoms with Gasteiger partial charge in [0.25, 0.3) is 0 Å². The molecule has 0 bridgehead atoms. The van der Waals surface area contributed by atoms with Crippen LogP contribution >= 0.6 is 0 Å². The molecule has 2 N–H and O–H groups in total. The first kappa shape index (κ1) is 16.4. The monoisotopic (exact) mass is 246 g/mol. The van der Waals surface area contributed by atoms with E-state index in [1.807, 2.05) is 27.7 Å². The van der Waals surface area contributed by atoms with E-state index in [0.717, 1.165) is 0 Å². The second kappa shape index (κ2) is 6.36. The van der Waals surface area contributed by atoms with Crippen LogP contribution in [0.3, 0.4) is 0 Å². The van der Waals surface area contributed by atoms with Crippen LogP contribution in [0.25, 0.3) is 0 Å². The summed E-state index contributed by atoms with van der Waals surface area (Å²) in [6, 6.07) is 0. The van der Waals surface area contributed by atoms with Gasteiger partial charge in [0.1, 0.15) is 6.10 Å². The summed E-state index contributed by atoms with van der Waals surface area (Å²) in [5.74, 6) is -0.273. The fourth-order valence-electron chi connectivity index (χ4n) is 1.39. The predicted molar refractivity (Wildman–Crippen MR) is 66.5 cm³/mol. The third-order valence-electron chi connectivity index (χ3n) is 3.01. The number of aliphatic hydroxyl groups is 2. The Balaban J connectivity index is 4.80. The summed E-state index contributed by atoms with van der Waals surface area (Å²) in [4.78, 5) is 11.4. The maximum atomic E-state index is 11.4. The first-order valence-corrected chi connectivity index (χ1v) is 6.09. The Kier molecular flexibility index (Phi) is 6.13. The molecule has 0 fully saturated rings. The molecule has 0 aromatic rings. The zero-order valence-corrected chi connectivity index (χ0v) is 11.6. The second-order valence-corrected chi connectivity index (χ2v) is 6.01. The van der Waals surface area contributed by atoms with Crippen molar-refractivity contribution in [3.8, 4) is 0 Å². The molecule has 0 aromatic heterocycles. The van der Waals surface area contributed by atoms with Crippen molar-refractivity contribution >= 4 is 5.97 Å². The lowest BCUT2D eigenvalue weighted by Crippen LogP contribution is -2.40. The maximum absolute atomic E-state index is 11.4. The Morgan fingerprint density at radius 2 is 1.71 bits per heavy atom. The van der Waals surface area contributed by atoms with E-state index in [9.17, 15) is 15.0 Å². The number of rotatable bonds is 7. The van der Waals surface area contributed by atoms with Crippen LogP contribution in [0, 0.1) is 10.8 Å². The van der Waals surface area contributed by atoms with E-state index >= 15 is 0 Å². The van der Waals surface area contributed by atoms with Gasteiger partial charge in [-0.1, -0.05) is 34.6 Å². The van der Waals surface area contributed by atoms with Gasteiger partial charge in [0.05, 0.1) is 6.61 Å². The van der Waals surface area contributed by atoms with Crippen LogP contribution in [0.4, 0.5) is 0 Å². The predicted octanol–water partition coefficient (Wildman–Crippen LogP) is 1.74. The topological polar surface area (TPSA) is 66.8 Å².